The molecule has 110 valence electrons. The number of amides is 1. The Morgan fingerprint density at radius 2 is 1.95 bits per heavy atom. The van der Waals surface area contributed by atoms with Crippen molar-refractivity contribution in [3.63, 3.8) is 0 Å². The molecule has 0 aliphatic carbocycles. The molecule has 1 rings (SSSR count). The second-order valence-electron chi connectivity index (χ2n) is 6.03. The normalized spacial score (nSPS) is 11.4. The fourth-order valence-electron chi connectivity index (χ4n) is 2.15. The first-order valence-corrected chi connectivity index (χ1v) is 6.95. The van der Waals surface area contributed by atoms with Crippen LogP contribution in [0.1, 0.15) is 29.8 Å². The number of carbonyl (C=O) groups excluding carboxylic acids is 1. The second kappa shape index (κ2) is 6.81. The summed E-state index contributed by atoms with van der Waals surface area (Å²) < 4.78 is 0. The molecule has 0 fully saturated rings. The molecule has 1 aromatic carbocycles. The van der Waals surface area contributed by atoms with Crippen molar-refractivity contribution in [2.45, 2.75) is 13.8 Å². The van der Waals surface area contributed by atoms with Gasteiger partial charge >= 0.3 is 0 Å². The molecule has 0 unspecified atom stereocenters. The average Bonchev–Trinajstić information content (AvgIpc) is 2.34. The second-order valence-corrected chi connectivity index (χ2v) is 6.47. The van der Waals surface area contributed by atoms with E-state index in [4.69, 9.17) is 18.0 Å². The molecule has 0 atom stereocenters. The van der Waals surface area contributed by atoms with E-state index < -0.39 is 0 Å². The molecule has 0 heterocycles. The summed E-state index contributed by atoms with van der Waals surface area (Å²) in [4.78, 5) is 14.6. The zero-order valence-corrected chi connectivity index (χ0v) is 13.4. The van der Waals surface area contributed by atoms with Gasteiger partial charge in [0.05, 0.1) is 0 Å². The fourth-order valence-corrected chi connectivity index (χ4v) is 2.27. The van der Waals surface area contributed by atoms with Crippen molar-refractivity contribution >= 4 is 23.1 Å². The van der Waals surface area contributed by atoms with Crippen LogP contribution in [-0.2, 0) is 0 Å². The van der Waals surface area contributed by atoms with Gasteiger partial charge in [0.15, 0.2) is 0 Å². The quantitative estimate of drug-likeness (QED) is 0.783. The molecule has 4 nitrogen and oxygen atoms in total. The predicted octanol–water partition coefficient (Wildman–Crippen LogP) is 1.64. The van der Waals surface area contributed by atoms with E-state index >= 15 is 0 Å². The first-order chi connectivity index (χ1) is 9.21. The molecule has 0 aliphatic heterocycles. The zero-order valence-electron chi connectivity index (χ0n) is 12.6. The van der Waals surface area contributed by atoms with Crippen LogP contribution >= 0.6 is 12.2 Å². The van der Waals surface area contributed by atoms with Crippen LogP contribution in [0.5, 0.6) is 0 Å². The van der Waals surface area contributed by atoms with Gasteiger partial charge in [-0.2, -0.15) is 0 Å². The van der Waals surface area contributed by atoms with Crippen molar-refractivity contribution in [2.24, 2.45) is 11.1 Å². The lowest BCUT2D eigenvalue weighted by molar-refractivity contribution is 0.0929. The van der Waals surface area contributed by atoms with Crippen LogP contribution in [0, 0.1) is 5.41 Å². The highest BCUT2D eigenvalue weighted by molar-refractivity contribution is 7.80. The maximum Gasteiger partial charge on any atom is 0.251 e. The lowest BCUT2D eigenvalue weighted by atomic mass is 9.93. The molecule has 0 aliphatic rings. The summed E-state index contributed by atoms with van der Waals surface area (Å²) in [6.07, 6.45) is 0. The highest BCUT2D eigenvalue weighted by Crippen LogP contribution is 2.14. The minimum absolute atomic E-state index is 0.0138. The molecule has 5 heteroatoms. The number of hydrogen-bond acceptors (Lipinski definition) is 3. The van der Waals surface area contributed by atoms with Gasteiger partial charge in [-0.25, -0.2) is 0 Å². The number of thiocarbonyl (C=S) groups is 1. The largest absolute Gasteiger partial charge is 0.389 e. The van der Waals surface area contributed by atoms with E-state index in [0.29, 0.717) is 22.7 Å². The van der Waals surface area contributed by atoms with Crippen molar-refractivity contribution in [1.29, 1.82) is 0 Å². The van der Waals surface area contributed by atoms with E-state index in [2.05, 4.69) is 24.1 Å². The third kappa shape index (κ3) is 5.27. The molecule has 0 radical (unpaired) electrons. The molecular weight excluding hydrogens is 270 g/mol. The highest BCUT2D eigenvalue weighted by Gasteiger charge is 2.20. The molecule has 3 N–H and O–H groups in total. The predicted molar refractivity (Wildman–Crippen MR) is 87.0 cm³/mol. The molecular formula is C15H23N3OS. The summed E-state index contributed by atoms with van der Waals surface area (Å²) >= 11 is 4.92. The van der Waals surface area contributed by atoms with Gasteiger partial charge < -0.3 is 16.0 Å². The summed E-state index contributed by atoms with van der Waals surface area (Å²) in [6.45, 7) is 5.76. The van der Waals surface area contributed by atoms with E-state index in [9.17, 15) is 4.79 Å². The minimum atomic E-state index is -0.102. The zero-order chi connectivity index (χ0) is 15.3. The molecule has 0 saturated heterocycles. The van der Waals surface area contributed by atoms with Crippen molar-refractivity contribution in [3.05, 3.63) is 35.4 Å². The summed E-state index contributed by atoms with van der Waals surface area (Å²) in [6, 6.07) is 7.07. The average molecular weight is 293 g/mol. The molecule has 20 heavy (non-hydrogen) atoms. The third-order valence-corrected chi connectivity index (χ3v) is 3.12. The molecule has 1 aromatic rings. The van der Waals surface area contributed by atoms with Crippen molar-refractivity contribution in [1.82, 2.24) is 10.2 Å². The first-order valence-electron chi connectivity index (χ1n) is 6.54. The molecule has 1 amide bonds. The van der Waals surface area contributed by atoms with Crippen LogP contribution in [0.25, 0.3) is 0 Å². The standard InChI is InChI=1S/C15H23N3OS/c1-15(2,10-18(3)4)9-17-14(19)12-7-5-6-11(8-12)13(16)20/h5-8H,9-10H2,1-4H3,(H2,16,20)(H,17,19). The SMILES string of the molecule is CN(C)CC(C)(C)CNC(=O)c1cccc(C(N)=S)c1. The van der Waals surface area contributed by atoms with E-state index in [-0.39, 0.29) is 11.3 Å². The van der Waals surface area contributed by atoms with Crippen LogP contribution in [0.3, 0.4) is 0 Å². The van der Waals surface area contributed by atoms with E-state index in [0.717, 1.165) is 6.54 Å². The van der Waals surface area contributed by atoms with Crippen molar-refractivity contribution in [3.8, 4) is 0 Å². The fraction of sp³-hybridized carbons (Fsp3) is 0.467. The molecule has 0 saturated carbocycles. The van der Waals surface area contributed by atoms with Crippen molar-refractivity contribution < 1.29 is 4.79 Å². The van der Waals surface area contributed by atoms with Crippen LogP contribution in [-0.4, -0.2) is 43.0 Å². The Morgan fingerprint density at radius 1 is 1.35 bits per heavy atom. The van der Waals surface area contributed by atoms with Gasteiger partial charge in [-0.1, -0.05) is 38.2 Å². The van der Waals surface area contributed by atoms with E-state index in [1.165, 1.54) is 0 Å². The lowest BCUT2D eigenvalue weighted by Gasteiger charge is -2.28. The highest BCUT2D eigenvalue weighted by atomic mass is 32.1. The third-order valence-electron chi connectivity index (χ3n) is 2.88. The van der Waals surface area contributed by atoms with E-state index in [1.54, 1.807) is 24.3 Å². The Kier molecular flexibility index (Phi) is 5.65. The Hall–Kier alpha value is -1.46. The first kappa shape index (κ1) is 16.6. The Balaban J connectivity index is 2.68. The van der Waals surface area contributed by atoms with Crippen LogP contribution in [0.2, 0.25) is 0 Å². The Bertz CT molecular complexity index is 498. The Morgan fingerprint density at radius 3 is 2.50 bits per heavy atom. The van der Waals surface area contributed by atoms with Gasteiger partial charge in [0.25, 0.3) is 5.91 Å². The summed E-state index contributed by atoms with van der Waals surface area (Å²) in [5.74, 6) is -0.102. The molecule has 0 bridgehead atoms. The minimum Gasteiger partial charge on any atom is -0.389 e. The number of carbonyl (C=O) groups is 1. The topological polar surface area (TPSA) is 58.4 Å². The monoisotopic (exact) mass is 293 g/mol. The van der Waals surface area contributed by atoms with Gasteiger partial charge in [0.1, 0.15) is 4.99 Å². The number of rotatable bonds is 6. The van der Waals surface area contributed by atoms with Crippen LogP contribution in [0.4, 0.5) is 0 Å². The molecule has 0 aromatic heterocycles. The van der Waals surface area contributed by atoms with Crippen molar-refractivity contribution in [2.75, 3.05) is 27.2 Å². The summed E-state index contributed by atoms with van der Waals surface area (Å²) in [5.41, 5.74) is 6.88. The number of nitrogens with zero attached hydrogens (tertiary/aromatic N) is 1. The summed E-state index contributed by atoms with van der Waals surface area (Å²) in [7, 11) is 4.05. The number of hydrogen-bond donors (Lipinski definition) is 2. The number of nitrogens with two attached hydrogens (primary N) is 1. The van der Waals surface area contributed by atoms with E-state index in [1.807, 2.05) is 14.1 Å². The maximum absolute atomic E-state index is 12.1. The lowest BCUT2D eigenvalue weighted by Crippen LogP contribution is -2.40. The van der Waals surface area contributed by atoms with Crippen LogP contribution < -0.4 is 11.1 Å². The van der Waals surface area contributed by atoms with Gasteiger partial charge in [0.2, 0.25) is 0 Å². The Labute approximate surface area is 126 Å². The maximum atomic E-state index is 12.1. The molecule has 0 spiro atoms. The smallest absolute Gasteiger partial charge is 0.251 e. The van der Waals surface area contributed by atoms with Gasteiger partial charge in [-0.15, -0.1) is 0 Å². The number of benzene rings is 1. The van der Waals surface area contributed by atoms with Gasteiger partial charge in [-0.3, -0.25) is 4.79 Å². The summed E-state index contributed by atoms with van der Waals surface area (Å²) in [5, 5.41) is 2.96. The number of nitrogens with one attached hydrogen (secondary N) is 1. The van der Waals surface area contributed by atoms with Crippen LogP contribution in [0.15, 0.2) is 24.3 Å². The van der Waals surface area contributed by atoms with Gasteiger partial charge in [-0.05, 0) is 31.6 Å². The van der Waals surface area contributed by atoms with Gasteiger partial charge in [0, 0.05) is 24.2 Å².